The Balaban J connectivity index is 2.15. The van der Waals surface area contributed by atoms with Crippen molar-refractivity contribution in [2.24, 2.45) is 0 Å². The van der Waals surface area contributed by atoms with Gasteiger partial charge in [-0.05, 0) is 13.3 Å². The van der Waals surface area contributed by atoms with Crippen LogP contribution in [0, 0.1) is 0 Å². The quantitative estimate of drug-likeness (QED) is 0.604. The summed E-state index contributed by atoms with van der Waals surface area (Å²) in [5, 5.41) is 9.45. The lowest BCUT2D eigenvalue weighted by atomic mass is 10.0. The van der Waals surface area contributed by atoms with Gasteiger partial charge in [0, 0.05) is 0 Å². The Hall–Kier alpha value is -0.0800. The molecule has 0 spiro atoms. The minimum atomic E-state index is -0.243. The van der Waals surface area contributed by atoms with Gasteiger partial charge in [-0.25, -0.2) is 0 Å². The molecule has 1 rings (SSSR count). The normalized spacial score (nSPS) is 33.9. The lowest BCUT2D eigenvalue weighted by Gasteiger charge is -2.12. The molecule has 1 unspecified atom stereocenters. The highest BCUT2D eigenvalue weighted by atomic mass is 16.6. The highest BCUT2D eigenvalue weighted by Gasteiger charge is 2.45. The van der Waals surface area contributed by atoms with Gasteiger partial charge in [0.2, 0.25) is 0 Å². The Labute approximate surface area is 62.2 Å². The molecule has 1 aliphatic rings. The van der Waals surface area contributed by atoms with Gasteiger partial charge in [0.05, 0.1) is 12.7 Å². The summed E-state index contributed by atoms with van der Waals surface area (Å²) < 4.78 is 5.10. The third kappa shape index (κ3) is 1.70. The van der Waals surface area contributed by atoms with Crippen molar-refractivity contribution in [3.63, 3.8) is 0 Å². The van der Waals surface area contributed by atoms with Crippen LogP contribution in [0.4, 0.5) is 0 Å². The van der Waals surface area contributed by atoms with Crippen molar-refractivity contribution < 1.29 is 9.84 Å². The first kappa shape index (κ1) is 8.02. The molecule has 0 saturated carbocycles. The van der Waals surface area contributed by atoms with Crippen LogP contribution < -0.4 is 0 Å². The average Bonchev–Trinajstić information content (AvgIpc) is 2.64. The highest BCUT2D eigenvalue weighted by molar-refractivity contribution is 4.93. The first-order chi connectivity index (χ1) is 4.69. The molecule has 1 N–H and O–H groups in total. The van der Waals surface area contributed by atoms with Crippen LogP contribution in [0.2, 0.25) is 0 Å². The van der Waals surface area contributed by atoms with Gasteiger partial charge < -0.3 is 9.84 Å². The molecular weight excluding hydrogens is 128 g/mol. The van der Waals surface area contributed by atoms with Crippen molar-refractivity contribution in [3.05, 3.63) is 0 Å². The van der Waals surface area contributed by atoms with Crippen molar-refractivity contribution in [1.29, 1.82) is 0 Å². The summed E-state index contributed by atoms with van der Waals surface area (Å²) in [6, 6.07) is 0. The third-order valence-corrected chi connectivity index (χ3v) is 2.14. The van der Waals surface area contributed by atoms with Crippen molar-refractivity contribution >= 4 is 0 Å². The maximum Gasteiger partial charge on any atom is 0.115 e. The largest absolute Gasteiger partial charge is 0.390 e. The molecule has 0 aromatic heterocycles. The minimum absolute atomic E-state index is 0.185. The number of ether oxygens (including phenoxy) is 1. The number of hydrogen-bond acceptors (Lipinski definition) is 2. The molecule has 60 valence electrons. The number of unbranched alkanes of at least 4 members (excludes halogenated alkanes) is 1. The molecular formula is C8H16O2. The van der Waals surface area contributed by atoms with Crippen LogP contribution in [-0.2, 0) is 4.74 Å². The Morgan fingerprint density at radius 1 is 1.70 bits per heavy atom. The van der Waals surface area contributed by atoms with Crippen LogP contribution in [0.3, 0.4) is 0 Å². The van der Waals surface area contributed by atoms with Gasteiger partial charge >= 0.3 is 0 Å². The summed E-state index contributed by atoms with van der Waals surface area (Å²) in [5.41, 5.74) is -0.185. The predicted octanol–water partition coefficient (Wildman–Crippen LogP) is 1.33. The van der Waals surface area contributed by atoms with E-state index in [1.807, 2.05) is 6.92 Å². The molecule has 10 heavy (non-hydrogen) atoms. The SMILES string of the molecule is CCCC[C@H](O)C1(C)CO1. The van der Waals surface area contributed by atoms with E-state index in [9.17, 15) is 5.11 Å². The zero-order chi connectivity index (χ0) is 7.61. The van der Waals surface area contributed by atoms with Crippen molar-refractivity contribution in [2.45, 2.75) is 44.8 Å². The molecule has 1 heterocycles. The molecule has 0 aromatic rings. The van der Waals surface area contributed by atoms with Crippen LogP contribution in [0.5, 0.6) is 0 Å². The van der Waals surface area contributed by atoms with E-state index >= 15 is 0 Å². The zero-order valence-corrected chi connectivity index (χ0v) is 6.76. The number of epoxide rings is 1. The minimum Gasteiger partial charge on any atom is -0.390 e. The monoisotopic (exact) mass is 144 g/mol. The van der Waals surface area contributed by atoms with Crippen molar-refractivity contribution in [3.8, 4) is 0 Å². The fraction of sp³-hybridized carbons (Fsp3) is 1.00. The Morgan fingerprint density at radius 2 is 2.30 bits per heavy atom. The number of hydrogen-bond donors (Lipinski definition) is 1. The number of rotatable bonds is 4. The maximum absolute atomic E-state index is 9.45. The number of aliphatic hydroxyl groups is 1. The smallest absolute Gasteiger partial charge is 0.115 e. The summed E-state index contributed by atoms with van der Waals surface area (Å²) >= 11 is 0. The Bertz CT molecular complexity index is 108. The molecule has 2 atom stereocenters. The number of aliphatic hydroxyl groups excluding tert-OH is 1. The first-order valence-electron chi connectivity index (χ1n) is 4.01. The molecule has 1 aliphatic heterocycles. The van der Waals surface area contributed by atoms with Crippen LogP contribution in [0.25, 0.3) is 0 Å². The third-order valence-electron chi connectivity index (χ3n) is 2.14. The predicted molar refractivity (Wildman–Crippen MR) is 39.9 cm³/mol. The van der Waals surface area contributed by atoms with Gasteiger partial charge in [0.15, 0.2) is 0 Å². The second kappa shape index (κ2) is 2.89. The summed E-state index contributed by atoms with van der Waals surface area (Å²) in [7, 11) is 0. The Kier molecular flexibility index (Phi) is 2.32. The standard InChI is InChI=1S/C8H16O2/c1-3-4-5-7(9)8(2)6-10-8/h7,9H,3-6H2,1-2H3/t7-,8?/m0/s1. The molecule has 1 fully saturated rings. The first-order valence-corrected chi connectivity index (χ1v) is 4.01. The van der Waals surface area contributed by atoms with Gasteiger partial charge in [0.1, 0.15) is 5.60 Å². The fourth-order valence-corrected chi connectivity index (χ4v) is 1.01. The molecule has 0 amide bonds. The molecule has 2 heteroatoms. The van der Waals surface area contributed by atoms with Crippen LogP contribution in [-0.4, -0.2) is 23.4 Å². The van der Waals surface area contributed by atoms with Gasteiger partial charge in [-0.2, -0.15) is 0 Å². The lowest BCUT2D eigenvalue weighted by molar-refractivity contribution is 0.0756. The van der Waals surface area contributed by atoms with Gasteiger partial charge in [-0.1, -0.05) is 19.8 Å². The van der Waals surface area contributed by atoms with E-state index in [4.69, 9.17) is 4.74 Å². The van der Waals surface area contributed by atoms with Crippen LogP contribution in [0.15, 0.2) is 0 Å². The molecule has 0 radical (unpaired) electrons. The van der Waals surface area contributed by atoms with E-state index in [-0.39, 0.29) is 11.7 Å². The van der Waals surface area contributed by atoms with Gasteiger partial charge in [-0.15, -0.1) is 0 Å². The maximum atomic E-state index is 9.45. The second-order valence-electron chi connectivity index (χ2n) is 3.26. The van der Waals surface area contributed by atoms with Crippen molar-refractivity contribution in [2.75, 3.05) is 6.61 Å². The molecule has 2 nitrogen and oxygen atoms in total. The summed E-state index contributed by atoms with van der Waals surface area (Å²) in [6.45, 7) is 4.83. The Morgan fingerprint density at radius 3 is 2.70 bits per heavy atom. The second-order valence-corrected chi connectivity index (χ2v) is 3.26. The van der Waals surface area contributed by atoms with Gasteiger partial charge in [0.25, 0.3) is 0 Å². The van der Waals surface area contributed by atoms with E-state index in [0.29, 0.717) is 0 Å². The van der Waals surface area contributed by atoms with E-state index < -0.39 is 0 Å². The molecule has 0 aromatic carbocycles. The van der Waals surface area contributed by atoms with E-state index in [0.717, 1.165) is 25.9 Å². The van der Waals surface area contributed by atoms with Gasteiger partial charge in [-0.3, -0.25) is 0 Å². The topological polar surface area (TPSA) is 32.8 Å². The lowest BCUT2D eigenvalue weighted by Crippen LogP contribution is -2.25. The van der Waals surface area contributed by atoms with Crippen LogP contribution in [0.1, 0.15) is 33.1 Å². The van der Waals surface area contributed by atoms with Crippen molar-refractivity contribution in [1.82, 2.24) is 0 Å². The fourth-order valence-electron chi connectivity index (χ4n) is 1.01. The average molecular weight is 144 g/mol. The van der Waals surface area contributed by atoms with E-state index in [1.54, 1.807) is 0 Å². The molecule has 0 aliphatic carbocycles. The van der Waals surface area contributed by atoms with E-state index in [2.05, 4.69) is 6.92 Å². The summed E-state index contributed by atoms with van der Waals surface area (Å²) in [6.07, 6.45) is 2.88. The molecule has 1 saturated heterocycles. The van der Waals surface area contributed by atoms with Crippen LogP contribution >= 0.6 is 0 Å². The van der Waals surface area contributed by atoms with E-state index in [1.165, 1.54) is 0 Å². The molecule has 0 bridgehead atoms. The highest BCUT2D eigenvalue weighted by Crippen LogP contribution is 2.32. The zero-order valence-electron chi connectivity index (χ0n) is 6.76. The summed E-state index contributed by atoms with van der Waals surface area (Å²) in [4.78, 5) is 0. The summed E-state index contributed by atoms with van der Waals surface area (Å²) in [5.74, 6) is 0.